The van der Waals surface area contributed by atoms with E-state index in [0.29, 0.717) is 6.42 Å². The zero-order chi connectivity index (χ0) is 20.1. The SMILES string of the molecule is CC(=O)Nc1ccn([C@@H]2O[C@H]([C@H]3CC=CC(=O)O3)[C@H]3OC(C)(C)O[C@H]32)c(=O)n1. The molecule has 28 heavy (non-hydrogen) atoms. The molecule has 0 saturated carbocycles. The van der Waals surface area contributed by atoms with Crippen molar-refractivity contribution < 1.29 is 28.5 Å². The number of esters is 1. The average molecular weight is 391 g/mol. The number of cyclic esters (lactones) is 1. The van der Waals surface area contributed by atoms with Gasteiger partial charge in [-0.3, -0.25) is 9.36 Å². The van der Waals surface area contributed by atoms with Gasteiger partial charge < -0.3 is 24.3 Å². The first-order chi connectivity index (χ1) is 13.2. The molecule has 2 fully saturated rings. The maximum atomic E-state index is 12.5. The number of carbonyl (C=O) groups excluding carboxylic acids is 2. The first-order valence-corrected chi connectivity index (χ1v) is 8.98. The Morgan fingerprint density at radius 3 is 2.68 bits per heavy atom. The number of anilines is 1. The molecule has 4 heterocycles. The highest BCUT2D eigenvalue weighted by molar-refractivity contribution is 5.87. The highest BCUT2D eigenvalue weighted by atomic mass is 16.8. The Bertz CT molecular complexity index is 893. The highest BCUT2D eigenvalue weighted by Crippen LogP contribution is 2.44. The molecule has 2 saturated heterocycles. The predicted octanol–water partition coefficient (Wildman–Crippen LogP) is 0.491. The average Bonchev–Trinajstić information content (AvgIpc) is 3.08. The van der Waals surface area contributed by atoms with Crippen LogP contribution in [0.4, 0.5) is 5.82 Å². The highest BCUT2D eigenvalue weighted by Gasteiger charge is 2.58. The molecular formula is C18H21N3O7. The molecule has 0 aromatic carbocycles. The van der Waals surface area contributed by atoms with Crippen molar-refractivity contribution in [1.29, 1.82) is 0 Å². The van der Waals surface area contributed by atoms with Crippen LogP contribution in [0.15, 0.2) is 29.2 Å². The number of fused-ring (bicyclic) bond motifs is 1. The summed E-state index contributed by atoms with van der Waals surface area (Å²) >= 11 is 0. The number of carbonyl (C=O) groups is 2. The van der Waals surface area contributed by atoms with E-state index in [0.717, 1.165) is 0 Å². The molecule has 3 aliphatic rings. The van der Waals surface area contributed by atoms with Crippen molar-refractivity contribution in [3.8, 4) is 0 Å². The van der Waals surface area contributed by atoms with Gasteiger partial charge >= 0.3 is 11.7 Å². The zero-order valence-corrected chi connectivity index (χ0v) is 15.7. The van der Waals surface area contributed by atoms with Crippen LogP contribution < -0.4 is 11.0 Å². The van der Waals surface area contributed by atoms with E-state index in [1.54, 1.807) is 19.9 Å². The van der Waals surface area contributed by atoms with Crippen molar-refractivity contribution in [2.45, 2.75) is 63.6 Å². The molecule has 1 amide bonds. The quantitative estimate of drug-likeness (QED) is 0.740. The number of rotatable bonds is 3. The minimum Gasteiger partial charge on any atom is -0.456 e. The molecule has 0 radical (unpaired) electrons. The van der Waals surface area contributed by atoms with E-state index < -0.39 is 48.1 Å². The van der Waals surface area contributed by atoms with Crippen molar-refractivity contribution in [2.24, 2.45) is 0 Å². The Hall–Kier alpha value is -2.56. The molecule has 3 aliphatic heterocycles. The van der Waals surface area contributed by atoms with Gasteiger partial charge in [-0.1, -0.05) is 6.08 Å². The second kappa shape index (κ2) is 6.80. The van der Waals surface area contributed by atoms with E-state index in [-0.39, 0.29) is 11.7 Å². The summed E-state index contributed by atoms with van der Waals surface area (Å²) in [7, 11) is 0. The lowest BCUT2D eigenvalue weighted by Gasteiger charge is -2.29. The van der Waals surface area contributed by atoms with E-state index in [1.165, 1.54) is 29.8 Å². The standard InChI is InChI=1S/C18H21N3O7/c1-9(22)19-11-7-8-21(17(24)20-11)16-15-14(27-18(2,3)28-15)13(26-16)10-5-4-6-12(23)25-10/h4,6-8,10,13-16H,5H2,1-3H3,(H,19,20,22,24)/t10-,13-,14-,15-,16-/m1/s1. The molecule has 4 rings (SSSR count). The monoisotopic (exact) mass is 391 g/mol. The van der Waals surface area contributed by atoms with E-state index in [2.05, 4.69) is 10.3 Å². The second-order valence-corrected chi connectivity index (χ2v) is 7.35. The van der Waals surface area contributed by atoms with Gasteiger partial charge in [0.25, 0.3) is 0 Å². The molecule has 1 aromatic heterocycles. The maximum Gasteiger partial charge on any atom is 0.351 e. The lowest BCUT2D eigenvalue weighted by Crippen LogP contribution is -2.41. The van der Waals surface area contributed by atoms with E-state index in [1.807, 2.05) is 0 Å². The fourth-order valence-electron chi connectivity index (χ4n) is 3.72. The first-order valence-electron chi connectivity index (χ1n) is 8.98. The molecule has 10 nitrogen and oxygen atoms in total. The van der Waals surface area contributed by atoms with E-state index in [9.17, 15) is 14.4 Å². The van der Waals surface area contributed by atoms with Crippen molar-refractivity contribution in [1.82, 2.24) is 9.55 Å². The summed E-state index contributed by atoms with van der Waals surface area (Å²) in [4.78, 5) is 39.2. The summed E-state index contributed by atoms with van der Waals surface area (Å²) in [5.41, 5.74) is -0.607. The van der Waals surface area contributed by atoms with Crippen LogP contribution in [0.25, 0.3) is 0 Å². The number of ether oxygens (including phenoxy) is 4. The molecule has 1 N–H and O–H groups in total. The van der Waals surface area contributed by atoms with Crippen LogP contribution in [0.3, 0.4) is 0 Å². The van der Waals surface area contributed by atoms with Gasteiger partial charge in [0.1, 0.15) is 30.2 Å². The smallest absolute Gasteiger partial charge is 0.351 e. The lowest BCUT2D eigenvalue weighted by atomic mass is 10.0. The van der Waals surface area contributed by atoms with Gasteiger partial charge in [-0.05, 0) is 19.9 Å². The van der Waals surface area contributed by atoms with Crippen molar-refractivity contribution in [3.63, 3.8) is 0 Å². The third-order valence-corrected chi connectivity index (χ3v) is 4.73. The number of amides is 1. The van der Waals surface area contributed by atoms with Crippen LogP contribution in [0.1, 0.15) is 33.4 Å². The summed E-state index contributed by atoms with van der Waals surface area (Å²) in [5, 5.41) is 2.46. The third-order valence-electron chi connectivity index (χ3n) is 4.73. The predicted molar refractivity (Wildman–Crippen MR) is 94.2 cm³/mol. The molecule has 0 bridgehead atoms. The first kappa shape index (κ1) is 18.8. The van der Waals surface area contributed by atoms with Crippen LogP contribution in [0.2, 0.25) is 0 Å². The van der Waals surface area contributed by atoms with Crippen molar-refractivity contribution in [3.05, 3.63) is 34.9 Å². The Morgan fingerprint density at radius 1 is 1.25 bits per heavy atom. The van der Waals surface area contributed by atoms with Gasteiger partial charge in [-0.15, -0.1) is 0 Å². The second-order valence-electron chi connectivity index (χ2n) is 7.35. The summed E-state index contributed by atoms with van der Waals surface area (Å²) in [6.45, 7) is 4.87. The Balaban J connectivity index is 1.64. The van der Waals surface area contributed by atoms with Crippen LogP contribution in [0.5, 0.6) is 0 Å². The summed E-state index contributed by atoms with van der Waals surface area (Å²) < 4.78 is 24.7. The van der Waals surface area contributed by atoms with Crippen molar-refractivity contribution in [2.75, 3.05) is 5.32 Å². The van der Waals surface area contributed by atoms with Crippen molar-refractivity contribution >= 4 is 17.7 Å². The molecule has 0 aliphatic carbocycles. The Morgan fingerprint density at radius 2 is 2.00 bits per heavy atom. The van der Waals surface area contributed by atoms with Gasteiger partial charge in [-0.2, -0.15) is 4.98 Å². The zero-order valence-electron chi connectivity index (χ0n) is 15.7. The minimum atomic E-state index is -0.878. The normalized spacial score (nSPS) is 33.4. The topological polar surface area (TPSA) is 118 Å². The van der Waals surface area contributed by atoms with Gasteiger partial charge in [0.15, 0.2) is 12.0 Å². The van der Waals surface area contributed by atoms with Gasteiger partial charge in [0.2, 0.25) is 5.91 Å². The number of nitrogens with zero attached hydrogens (tertiary/aromatic N) is 2. The molecule has 10 heteroatoms. The van der Waals surface area contributed by atoms with E-state index >= 15 is 0 Å². The molecule has 0 spiro atoms. The van der Waals surface area contributed by atoms with Gasteiger partial charge in [-0.25, -0.2) is 9.59 Å². The third kappa shape index (κ3) is 3.46. The number of hydrogen-bond acceptors (Lipinski definition) is 8. The van der Waals surface area contributed by atoms with Crippen LogP contribution in [0, 0.1) is 0 Å². The van der Waals surface area contributed by atoms with Crippen LogP contribution in [-0.4, -0.2) is 51.6 Å². The largest absolute Gasteiger partial charge is 0.456 e. The van der Waals surface area contributed by atoms with E-state index in [4.69, 9.17) is 18.9 Å². The number of aromatic nitrogens is 2. The van der Waals surface area contributed by atoms with Crippen LogP contribution in [-0.2, 0) is 28.5 Å². The number of nitrogens with one attached hydrogen (secondary N) is 1. The molecular weight excluding hydrogens is 370 g/mol. The van der Waals surface area contributed by atoms with Gasteiger partial charge in [0, 0.05) is 25.6 Å². The molecule has 1 aromatic rings. The van der Waals surface area contributed by atoms with Crippen LogP contribution >= 0.6 is 0 Å². The molecule has 5 atom stereocenters. The summed E-state index contributed by atoms with van der Waals surface area (Å²) in [5.74, 6) is -1.51. The fourth-order valence-corrected chi connectivity index (χ4v) is 3.72. The minimum absolute atomic E-state index is 0.148. The number of hydrogen-bond donors (Lipinski definition) is 1. The summed E-state index contributed by atoms with van der Waals surface area (Å²) in [6, 6.07) is 1.50. The maximum absolute atomic E-state index is 12.5. The Kier molecular flexibility index (Phi) is 4.56. The lowest BCUT2D eigenvalue weighted by molar-refractivity contribution is -0.211. The molecule has 150 valence electrons. The Labute approximate surface area is 160 Å². The fraction of sp³-hybridized carbons (Fsp3) is 0.556. The summed E-state index contributed by atoms with van der Waals surface area (Å²) in [6.07, 6.45) is 1.97. The molecule has 0 unspecified atom stereocenters. The van der Waals surface area contributed by atoms with Gasteiger partial charge in [0.05, 0.1) is 0 Å².